The van der Waals surface area contributed by atoms with Gasteiger partial charge in [-0.2, -0.15) is 0 Å². The van der Waals surface area contributed by atoms with E-state index >= 15 is 0 Å². The van der Waals surface area contributed by atoms with Crippen LogP contribution in [-0.4, -0.2) is 28.5 Å². The Morgan fingerprint density at radius 1 is 1.14 bits per heavy atom. The first kappa shape index (κ1) is 15.9. The predicted octanol–water partition coefficient (Wildman–Crippen LogP) is 4.42. The van der Waals surface area contributed by atoms with Crippen LogP contribution in [0.25, 0.3) is 0 Å². The van der Waals surface area contributed by atoms with E-state index < -0.39 is 0 Å². The van der Waals surface area contributed by atoms with Crippen LogP contribution in [0.15, 0.2) is 12.1 Å². The molecule has 0 spiro atoms. The van der Waals surface area contributed by atoms with Crippen molar-refractivity contribution in [1.29, 1.82) is 0 Å². The van der Waals surface area contributed by atoms with Gasteiger partial charge in [0, 0.05) is 23.5 Å². The van der Waals surface area contributed by atoms with Crippen molar-refractivity contribution in [3.63, 3.8) is 0 Å². The topological polar surface area (TPSA) is 40.5 Å². The van der Waals surface area contributed by atoms with E-state index in [-0.39, 0.29) is 22.6 Å². The summed E-state index contributed by atoms with van der Waals surface area (Å²) >= 11 is 12.3. The highest BCUT2D eigenvalue weighted by atomic mass is 35.5. The molecule has 1 aliphatic heterocycles. The second-order valence-corrected chi connectivity index (χ2v) is 7.16. The van der Waals surface area contributed by atoms with E-state index in [1.165, 1.54) is 25.3 Å². The first-order valence-corrected chi connectivity index (χ1v) is 8.80. The van der Waals surface area contributed by atoms with E-state index in [4.69, 9.17) is 23.2 Å². The fraction of sp³-hybridized carbons (Fsp3) is 0.588. The molecule has 0 radical (unpaired) electrons. The van der Waals surface area contributed by atoms with Crippen LogP contribution in [0, 0.1) is 5.92 Å². The third-order valence-corrected chi connectivity index (χ3v) is 5.76. The monoisotopic (exact) mass is 341 g/mol. The molecule has 120 valence electrons. The van der Waals surface area contributed by atoms with Crippen molar-refractivity contribution in [2.45, 2.75) is 51.0 Å². The molecule has 1 unspecified atom stereocenters. The molecule has 1 saturated carbocycles. The Bertz CT molecular complexity index is 570. The third-order valence-electron chi connectivity index (χ3n) is 4.98. The lowest BCUT2D eigenvalue weighted by molar-refractivity contribution is -0.133. The number of benzene rings is 1. The molecule has 3 nitrogen and oxygen atoms in total. The smallest absolute Gasteiger partial charge is 0.226 e. The fourth-order valence-corrected chi connectivity index (χ4v) is 4.25. The summed E-state index contributed by atoms with van der Waals surface area (Å²) in [6.07, 6.45) is 7.35. The van der Waals surface area contributed by atoms with E-state index in [9.17, 15) is 9.90 Å². The van der Waals surface area contributed by atoms with E-state index in [0.29, 0.717) is 23.0 Å². The van der Waals surface area contributed by atoms with Crippen LogP contribution in [-0.2, 0) is 11.2 Å². The Balaban J connectivity index is 1.72. The average Bonchev–Trinajstić information content (AvgIpc) is 2.89. The maximum Gasteiger partial charge on any atom is 0.226 e. The van der Waals surface area contributed by atoms with Crippen molar-refractivity contribution >= 4 is 29.1 Å². The van der Waals surface area contributed by atoms with E-state index in [1.54, 1.807) is 6.07 Å². The minimum atomic E-state index is -0.0706. The number of carbonyl (C=O) groups is 1. The number of rotatable bonds is 3. The number of aromatic hydroxyl groups is 1. The normalized spacial score (nSPS) is 23.3. The molecule has 1 aromatic rings. The van der Waals surface area contributed by atoms with E-state index in [0.717, 1.165) is 25.8 Å². The Kier molecular flexibility index (Phi) is 4.84. The Morgan fingerprint density at radius 3 is 2.59 bits per heavy atom. The minimum absolute atomic E-state index is 0.0237. The molecule has 1 amide bonds. The van der Waals surface area contributed by atoms with Crippen molar-refractivity contribution in [1.82, 2.24) is 4.90 Å². The molecule has 3 rings (SSSR count). The van der Waals surface area contributed by atoms with Gasteiger partial charge >= 0.3 is 0 Å². The number of hydrogen-bond acceptors (Lipinski definition) is 2. The molecule has 1 N–H and O–H groups in total. The lowest BCUT2D eigenvalue weighted by Crippen LogP contribution is -2.39. The third kappa shape index (κ3) is 3.07. The summed E-state index contributed by atoms with van der Waals surface area (Å²) in [7, 11) is 0. The van der Waals surface area contributed by atoms with Crippen LogP contribution in [0.2, 0.25) is 10.0 Å². The first-order valence-electron chi connectivity index (χ1n) is 8.04. The van der Waals surface area contributed by atoms with Gasteiger partial charge < -0.3 is 10.0 Å². The van der Waals surface area contributed by atoms with Gasteiger partial charge in [-0.25, -0.2) is 0 Å². The molecule has 1 aromatic carbocycles. The van der Waals surface area contributed by atoms with Crippen molar-refractivity contribution in [3.8, 4) is 5.75 Å². The van der Waals surface area contributed by atoms with Crippen LogP contribution >= 0.6 is 23.2 Å². The van der Waals surface area contributed by atoms with Gasteiger partial charge in [0.2, 0.25) is 5.91 Å². The van der Waals surface area contributed by atoms with Crippen LogP contribution in [0.5, 0.6) is 5.75 Å². The molecule has 1 aliphatic carbocycles. The summed E-state index contributed by atoms with van der Waals surface area (Å²) < 4.78 is 0. The summed E-state index contributed by atoms with van der Waals surface area (Å²) in [5.41, 5.74) is 0.687. The highest BCUT2D eigenvalue weighted by Gasteiger charge is 2.36. The SMILES string of the molecule is O=C1C(Cc2c(Cl)ccc(O)c2Cl)CCN1C1CCCCC1. The summed E-state index contributed by atoms with van der Waals surface area (Å²) in [6, 6.07) is 3.54. The van der Waals surface area contributed by atoms with Crippen molar-refractivity contribution in [3.05, 3.63) is 27.7 Å². The van der Waals surface area contributed by atoms with Gasteiger partial charge in [-0.1, -0.05) is 42.5 Å². The summed E-state index contributed by atoms with van der Waals surface area (Å²) in [5.74, 6) is 0.178. The van der Waals surface area contributed by atoms with E-state index in [1.807, 2.05) is 0 Å². The zero-order valence-electron chi connectivity index (χ0n) is 12.5. The first-order chi connectivity index (χ1) is 10.6. The molecular weight excluding hydrogens is 321 g/mol. The molecule has 5 heteroatoms. The van der Waals surface area contributed by atoms with Crippen LogP contribution < -0.4 is 0 Å². The number of phenolic OH excluding ortho intramolecular Hbond substituents is 1. The Labute approximate surface area is 141 Å². The van der Waals surface area contributed by atoms with Crippen molar-refractivity contribution < 1.29 is 9.90 Å². The van der Waals surface area contributed by atoms with Gasteiger partial charge in [0.25, 0.3) is 0 Å². The second kappa shape index (κ2) is 6.67. The lowest BCUT2D eigenvalue weighted by Gasteiger charge is -2.31. The zero-order valence-corrected chi connectivity index (χ0v) is 14.0. The molecule has 0 bridgehead atoms. The quantitative estimate of drug-likeness (QED) is 0.883. The number of phenols is 1. The maximum absolute atomic E-state index is 12.7. The van der Waals surface area contributed by atoms with Gasteiger partial charge in [-0.3, -0.25) is 4.79 Å². The Morgan fingerprint density at radius 2 is 1.86 bits per heavy atom. The van der Waals surface area contributed by atoms with E-state index in [2.05, 4.69) is 4.90 Å². The minimum Gasteiger partial charge on any atom is -0.506 e. The number of hydrogen-bond donors (Lipinski definition) is 1. The standard InChI is InChI=1S/C17H21Cl2NO2/c18-14-6-7-15(21)16(19)13(14)10-11-8-9-20(17(11)22)12-4-2-1-3-5-12/h6-7,11-12,21H,1-5,8-10H2. The molecule has 2 fully saturated rings. The molecule has 22 heavy (non-hydrogen) atoms. The van der Waals surface area contributed by atoms with Gasteiger partial charge in [0.15, 0.2) is 0 Å². The molecular formula is C17H21Cl2NO2. The molecule has 1 atom stereocenters. The molecule has 1 heterocycles. The van der Waals surface area contributed by atoms with Crippen molar-refractivity contribution in [2.24, 2.45) is 5.92 Å². The van der Waals surface area contributed by atoms with Crippen LogP contribution in [0.1, 0.15) is 44.1 Å². The maximum atomic E-state index is 12.7. The lowest BCUT2D eigenvalue weighted by atomic mass is 9.94. The number of halogens is 2. The molecule has 1 saturated heterocycles. The highest BCUT2D eigenvalue weighted by molar-refractivity contribution is 6.36. The number of amides is 1. The van der Waals surface area contributed by atoms with Gasteiger partial charge in [0.1, 0.15) is 5.75 Å². The van der Waals surface area contributed by atoms with Crippen LogP contribution in [0.4, 0.5) is 0 Å². The average molecular weight is 342 g/mol. The van der Waals surface area contributed by atoms with Gasteiger partial charge in [-0.05, 0) is 43.4 Å². The highest BCUT2D eigenvalue weighted by Crippen LogP contribution is 2.37. The van der Waals surface area contributed by atoms with Crippen molar-refractivity contribution in [2.75, 3.05) is 6.54 Å². The number of nitrogens with zero attached hydrogens (tertiary/aromatic N) is 1. The predicted molar refractivity (Wildman–Crippen MR) is 88.5 cm³/mol. The summed E-state index contributed by atoms with van der Waals surface area (Å²) in [5, 5.41) is 10.5. The molecule has 2 aliphatic rings. The van der Waals surface area contributed by atoms with Crippen LogP contribution in [0.3, 0.4) is 0 Å². The Hall–Kier alpha value is -0.930. The largest absolute Gasteiger partial charge is 0.506 e. The summed E-state index contributed by atoms with van der Waals surface area (Å²) in [6.45, 7) is 0.836. The second-order valence-electron chi connectivity index (χ2n) is 6.37. The summed E-state index contributed by atoms with van der Waals surface area (Å²) in [4.78, 5) is 14.8. The number of likely N-dealkylation sites (tertiary alicyclic amines) is 1. The zero-order chi connectivity index (χ0) is 15.7. The number of carbonyl (C=O) groups excluding carboxylic acids is 1. The van der Waals surface area contributed by atoms with Gasteiger partial charge in [-0.15, -0.1) is 0 Å². The fourth-order valence-electron chi connectivity index (χ4n) is 3.73. The molecule has 0 aromatic heterocycles. The van der Waals surface area contributed by atoms with Gasteiger partial charge in [0.05, 0.1) is 5.02 Å².